The molecule has 0 bridgehead atoms. The fraction of sp³-hybridized carbons (Fsp3) is 0.882. The van der Waals surface area contributed by atoms with Crippen molar-refractivity contribution in [2.24, 2.45) is 5.73 Å². The van der Waals surface area contributed by atoms with Crippen molar-refractivity contribution in [3.63, 3.8) is 0 Å². The summed E-state index contributed by atoms with van der Waals surface area (Å²) in [5, 5.41) is 8.51. The number of unbranched alkanes of at least 4 members (excludes halogenated alkanes) is 9. The summed E-state index contributed by atoms with van der Waals surface area (Å²) >= 11 is 0. The molecule has 1 atom stereocenters. The van der Waals surface area contributed by atoms with Gasteiger partial charge in [0.2, 0.25) is 0 Å². The zero-order valence-electron chi connectivity index (χ0n) is 14.5. The van der Waals surface area contributed by atoms with Crippen LogP contribution in [0.4, 0.5) is 0 Å². The van der Waals surface area contributed by atoms with Crippen LogP contribution in [0.3, 0.4) is 0 Å². The molecule has 0 saturated carbocycles. The summed E-state index contributed by atoms with van der Waals surface area (Å²) in [6.07, 6.45) is 12.5. The first kappa shape index (κ1) is 21.9. The van der Waals surface area contributed by atoms with Crippen molar-refractivity contribution >= 4 is 11.9 Å². The van der Waals surface area contributed by atoms with E-state index in [4.69, 9.17) is 15.7 Å². The first-order chi connectivity index (χ1) is 11.1. The molecule has 0 aromatic heterocycles. The van der Waals surface area contributed by atoms with Gasteiger partial charge in [0.05, 0.1) is 0 Å². The van der Waals surface area contributed by atoms with E-state index in [9.17, 15) is 9.59 Å². The lowest BCUT2D eigenvalue weighted by molar-refractivity contribution is -0.153. The third-order valence-electron chi connectivity index (χ3n) is 3.78. The number of carboxylic acids is 1. The number of aliphatic carboxylic acids is 1. The first-order valence-corrected chi connectivity index (χ1v) is 8.98. The van der Waals surface area contributed by atoms with Crippen LogP contribution in [-0.2, 0) is 14.4 Å². The third-order valence-corrected chi connectivity index (χ3v) is 3.78. The second kappa shape index (κ2) is 15.7. The molecule has 23 heavy (non-hydrogen) atoms. The molecule has 6 nitrogen and oxygen atoms in total. The molecule has 0 heterocycles. The number of rotatable bonds is 16. The summed E-state index contributed by atoms with van der Waals surface area (Å²) in [6, 6.07) is -0.883. The van der Waals surface area contributed by atoms with Crippen LogP contribution in [0.25, 0.3) is 0 Å². The largest absolute Gasteiger partial charge is 0.481 e. The van der Waals surface area contributed by atoms with Gasteiger partial charge in [0.25, 0.3) is 0 Å². The smallest absolute Gasteiger partial charge is 0.341 e. The van der Waals surface area contributed by atoms with Crippen LogP contribution >= 0.6 is 0 Å². The van der Waals surface area contributed by atoms with Crippen LogP contribution in [0.5, 0.6) is 0 Å². The molecule has 0 amide bonds. The standard InChI is InChI=1S/C17H34N2O4/c1-2-3-4-5-6-7-8-9-10-11-14-19-23-17(22)15(18)12-13-16(20)21/h15,19H,2-14,18H2,1H3,(H,20,21)/t15-/m1/s1. The molecule has 0 unspecified atom stereocenters. The Balaban J connectivity index is 3.29. The number of carbonyl (C=O) groups is 2. The maximum atomic E-state index is 11.4. The Kier molecular flexibility index (Phi) is 15.0. The highest BCUT2D eigenvalue weighted by Crippen LogP contribution is 2.10. The predicted molar refractivity (Wildman–Crippen MR) is 90.8 cm³/mol. The van der Waals surface area contributed by atoms with Crippen LogP contribution in [0.15, 0.2) is 0 Å². The molecule has 0 aliphatic carbocycles. The summed E-state index contributed by atoms with van der Waals surface area (Å²) in [4.78, 5) is 26.6. The van der Waals surface area contributed by atoms with Crippen LogP contribution in [0.2, 0.25) is 0 Å². The van der Waals surface area contributed by atoms with E-state index in [1.165, 1.54) is 51.4 Å². The summed E-state index contributed by atoms with van der Waals surface area (Å²) < 4.78 is 0. The van der Waals surface area contributed by atoms with E-state index in [1.807, 2.05) is 0 Å². The minimum absolute atomic E-state index is 0.0914. The Morgan fingerprint density at radius 2 is 1.52 bits per heavy atom. The number of carboxylic acid groups (broad SMARTS) is 1. The lowest BCUT2D eigenvalue weighted by atomic mass is 10.1. The lowest BCUT2D eigenvalue weighted by Gasteiger charge is -2.10. The zero-order chi connectivity index (χ0) is 17.3. The summed E-state index contributed by atoms with van der Waals surface area (Å²) in [5.74, 6) is -1.56. The van der Waals surface area contributed by atoms with E-state index in [0.717, 1.165) is 12.8 Å². The molecule has 0 aromatic carbocycles. The van der Waals surface area contributed by atoms with Crippen LogP contribution in [0, 0.1) is 0 Å². The molecule has 0 fully saturated rings. The van der Waals surface area contributed by atoms with Gasteiger partial charge in [0.1, 0.15) is 6.04 Å². The fourth-order valence-corrected chi connectivity index (χ4v) is 2.28. The molecule has 0 rings (SSSR count). The summed E-state index contributed by atoms with van der Waals surface area (Å²) in [5.41, 5.74) is 8.13. The number of hydrogen-bond acceptors (Lipinski definition) is 5. The van der Waals surface area contributed by atoms with Gasteiger partial charge >= 0.3 is 11.9 Å². The Hall–Kier alpha value is -1.14. The highest BCUT2D eigenvalue weighted by Gasteiger charge is 2.16. The second-order valence-electron chi connectivity index (χ2n) is 6.04. The Morgan fingerprint density at radius 1 is 1.00 bits per heavy atom. The molecule has 0 spiro atoms. The van der Waals surface area contributed by atoms with Crippen LogP contribution in [-0.4, -0.2) is 29.6 Å². The SMILES string of the molecule is CCCCCCCCCCCCNOC(=O)[C@H](N)CCC(=O)O. The average molecular weight is 330 g/mol. The van der Waals surface area contributed by atoms with Gasteiger partial charge in [0.15, 0.2) is 0 Å². The Labute approximate surface area is 140 Å². The van der Waals surface area contributed by atoms with Crippen molar-refractivity contribution in [1.29, 1.82) is 0 Å². The van der Waals surface area contributed by atoms with E-state index in [1.54, 1.807) is 0 Å². The van der Waals surface area contributed by atoms with E-state index >= 15 is 0 Å². The van der Waals surface area contributed by atoms with Crippen molar-refractivity contribution < 1.29 is 19.5 Å². The molecule has 0 saturated heterocycles. The molecule has 0 aliphatic heterocycles. The fourth-order valence-electron chi connectivity index (χ4n) is 2.28. The van der Waals surface area contributed by atoms with Crippen molar-refractivity contribution in [3.8, 4) is 0 Å². The van der Waals surface area contributed by atoms with Gasteiger partial charge in [-0.1, -0.05) is 64.7 Å². The van der Waals surface area contributed by atoms with Crippen molar-refractivity contribution in [3.05, 3.63) is 0 Å². The van der Waals surface area contributed by atoms with E-state index in [-0.39, 0.29) is 12.8 Å². The molecule has 0 aromatic rings. The molecule has 0 aliphatic rings. The van der Waals surface area contributed by atoms with Crippen LogP contribution in [0.1, 0.15) is 84.0 Å². The van der Waals surface area contributed by atoms with Gasteiger partial charge in [0, 0.05) is 13.0 Å². The lowest BCUT2D eigenvalue weighted by Crippen LogP contribution is -2.36. The molecular formula is C17H34N2O4. The van der Waals surface area contributed by atoms with Gasteiger partial charge in [-0.15, -0.1) is 0 Å². The number of hydroxylamine groups is 1. The topological polar surface area (TPSA) is 102 Å². The first-order valence-electron chi connectivity index (χ1n) is 8.98. The van der Waals surface area contributed by atoms with Crippen molar-refractivity contribution in [2.75, 3.05) is 6.54 Å². The monoisotopic (exact) mass is 330 g/mol. The number of nitrogens with two attached hydrogens (primary N) is 1. The average Bonchev–Trinajstić information content (AvgIpc) is 2.53. The highest BCUT2D eigenvalue weighted by atomic mass is 16.7. The van der Waals surface area contributed by atoms with Gasteiger partial charge < -0.3 is 15.7 Å². The van der Waals surface area contributed by atoms with Gasteiger partial charge in [-0.2, -0.15) is 5.48 Å². The van der Waals surface area contributed by atoms with E-state index < -0.39 is 18.0 Å². The van der Waals surface area contributed by atoms with E-state index in [0.29, 0.717) is 6.54 Å². The predicted octanol–water partition coefficient (Wildman–Crippen LogP) is 3.15. The second-order valence-corrected chi connectivity index (χ2v) is 6.04. The molecular weight excluding hydrogens is 296 g/mol. The normalized spacial score (nSPS) is 12.1. The van der Waals surface area contributed by atoms with Crippen molar-refractivity contribution in [1.82, 2.24) is 5.48 Å². The van der Waals surface area contributed by atoms with Crippen molar-refractivity contribution in [2.45, 2.75) is 90.0 Å². The summed E-state index contributed by atoms with van der Waals surface area (Å²) in [7, 11) is 0. The quantitative estimate of drug-likeness (QED) is 0.297. The highest BCUT2D eigenvalue weighted by molar-refractivity contribution is 5.76. The number of nitrogens with one attached hydrogen (secondary N) is 1. The Morgan fingerprint density at radius 3 is 2.04 bits per heavy atom. The maximum absolute atomic E-state index is 11.4. The van der Waals surface area contributed by atoms with Gasteiger partial charge in [-0.05, 0) is 12.8 Å². The zero-order valence-corrected chi connectivity index (χ0v) is 14.5. The van der Waals surface area contributed by atoms with Crippen LogP contribution < -0.4 is 11.2 Å². The number of carbonyl (C=O) groups excluding carboxylic acids is 1. The van der Waals surface area contributed by atoms with Gasteiger partial charge in [-0.25, -0.2) is 4.79 Å². The minimum Gasteiger partial charge on any atom is -0.481 e. The summed E-state index contributed by atoms with van der Waals surface area (Å²) in [6.45, 7) is 2.84. The maximum Gasteiger partial charge on any atom is 0.341 e. The molecule has 0 radical (unpaired) electrons. The number of hydrogen-bond donors (Lipinski definition) is 3. The Bertz CT molecular complexity index is 311. The third kappa shape index (κ3) is 15.5. The van der Waals surface area contributed by atoms with E-state index in [2.05, 4.69) is 12.4 Å². The molecule has 4 N–H and O–H groups in total. The molecule has 6 heteroatoms. The molecule has 136 valence electrons. The minimum atomic E-state index is -0.966. The van der Waals surface area contributed by atoms with Gasteiger partial charge in [-0.3, -0.25) is 4.79 Å².